The van der Waals surface area contributed by atoms with E-state index in [1.807, 2.05) is 55.5 Å². The maximum Gasteiger partial charge on any atom is 0.177 e. The van der Waals surface area contributed by atoms with Gasteiger partial charge in [-0.15, -0.1) is 11.3 Å². The minimum absolute atomic E-state index is 0.138. The molecule has 0 amide bonds. The van der Waals surface area contributed by atoms with E-state index in [4.69, 9.17) is 0 Å². The second-order valence-electron chi connectivity index (χ2n) is 5.30. The number of carbonyl (C=O) groups excluding carboxylic acids is 1. The highest BCUT2D eigenvalue weighted by molar-refractivity contribution is 7.17. The first-order chi connectivity index (χ1) is 10.6. The zero-order chi connectivity index (χ0) is 15.5. The van der Waals surface area contributed by atoms with Gasteiger partial charge in [0.15, 0.2) is 5.78 Å². The first kappa shape index (κ1) is 14.5. The summed E-state index contributed by atoms with van der Waals surface area (Å²) >= 11 is 1.49. The molecule has 0 aliphatic rings. The molecule has 22 heavy (non-hydrogen) atoms. The number of hydrogen-bond donors (Lipinski definition) is 1. The lowest BCUT2D eigenvalue weighted by molar-refractivity contribution is 0.0997. The van der Waals surface area contributed by atoms with Crippen molar-refractivity contribution in [3.8, 4) is 16.2 Å². The fourth-order valence-corrected chi connectivity index (χ4v) is 3.20. The van der Waals surface area contributed by atoms with Gasteiger partial charge in [0.1, 0.15) is 5.75 Å². The number of benzene rings is 2. The summed E-state index contributed by atoms with van der Waals surface area (Å²) in [4.78, 5) is 14.2. The molecule has 1 heterocycles. The van der Waals surface area contributed by atoms with Gasteiger partial charge in [0.25, 0.3) is 0 Å². The number of phenolic OH excluding ortho intramolecular Hbond substituents is 1. The number of phenols is 1. The smallest absolute Gasteiger partial charge is 0.177 e. The summed E-state index contributed by atoms with van der Waals surface area (Å²) in [5.41, 5.74) is 3.24. The van der Waals surface area contributed by atoms with Crippen LogP contribution in [-0.4, -0.2) is 10.9 Å². The van der Waals surface area contributed by atoms with E-state index in [2.05, 4.69) is 0 Å². The third kappa shape index (κ3) is 3.26. The second kappa shape index (κ2) is 6.16. The van der Waals surface area contributed by atoms with Crippen molar-refractivity contribution in [3.05, 3.63) is 76.7 Å². The fraction of sp³-hybridized carbons (Fsp3) is 0.105. The van der Waals surface area contributed by atoms with E-state index in [1.165, 1.54) is 16.9 Å². The van der Waals surface area contributed by atoms with Crippen molar-refractivity contribution in [2.75, 3.05) is 0 Å². The maximum absolute atomic E-state index is 12.4. The van der Waals surface area contributed by atoms with Crippen molar-refractivity contribution in [2.24, 2.45) is 0 Å². The maximum atomic E-state index is 12.4. The Kier molecular flexibility index (Phi) is 4.07. The van der Waals surface area contributed by atoms with Gasteiger partial charge in [0, 0.05) is 11.3 Å². The molecule has 0 atom stereocenters. The summed E-state index contributed by atoms with van der Waals surface area (Å²) in [6, 6.07) is 18.9. The average molecular weight is 308 g/mol. The lowest BCUT2D eigenvalue weighted by Crippen LogP contribution is -2.00. The Morgan fingerprint density at radius 3 is 2.32 bits per heavy atom. The Hall–Kier alpha value is -2.39. The topological polar surface area (TPSA) is 37.3 Å². The second-order valence-corrected chi connectivity index (χ2v) is 6.38. The van der Waals surface area contributed by atoms with Gasteiger partial charge in [-0.25, -0.2) is 0 Å². The number of aromatic hydroxyl groups is 1. The van der Waals surface area contributed by atoms with Crippen molar-refractivity contribution in [1.29, 1.82) is 0 Å². The predicted octanol–water partition coefficient (Wildman–Crippen LogP) is 4.85. The molecule has 0 fully saturated rings. The van der Waals surface area contributed by atoms with Crippen molar-refractivity contribution in [1.82, 2.24) is 0 Å². The monoisotopic (exact) mass is 308 g/mol. The molecule has 2 aromatic carbocycles. The van der Waals surface area contributed by atoms with Crippen LogP contribution in [-0.2, 0) is 6.42 Å². The molecule has 0 bridgehead atoms. The molecule has 0 radical (unpaired) electrons. The third-order valence-corrected chi connectivity index (χ3v) is 4.69. The molecule has 2 nitrogen and oxygen atoms in total. The van der Waals surface area contributed by atoms with Crippen LogP contribution in [0.15, 0.2) is 60.7 Å². The third-order valence-electron chi connectivity index (χ3n) is 3.52. The average Bonchev–Trinajstić information content (AvgIpc) is 3.00. The zero-order valence-corrected chi connectivity index (χ0v) is 13.1. The molecule has 3 heteroatoms. The van der Waals surface area contributed by atoms with Gasteiger partial charge in [-0.3, -0.25) is 4.79 Å². The van der Waals surface area contributed by atoms with E-state index in [-0.39, 0.29) is 11.5 Å². The first-order valence-corrected chi connectivity index (χ1v) is 7.91. The van der Waals surface area contributed by atoms with E-state index in [0.29, 0.717) is 6.42 Å². The fourth-order valence-electron chi connectivity index (χ4n) is 2.25. The lowest BCUT2D eigenvalue weighted by Gasteiger charge is -2.00. The number of carbonyl (C=O) groups is 1. The molecule has 0 aliphatic heterocycles. The molecule has 0 unspecified atom stereocenters. The minimum atomic E-state index is 0.138. The number of hydrogen-bond acceptors (Lipinski definition) is 3. The van der Waals surface area contributed by atoms with Crippen molar-refractivity contribution >= 4 is 17.1 Å². The SMILES string of the molecule is Cc1ccc(CC(=O)c2ccc(-c3ccc(O)cc3)s2)cc1. The zero-order valence-electron chi connectivity index (χ0n) is 12.2. The molecule has 1 N–H and O–H groups in total. The van der Waals surface area contributed by atoms with Gasteiger partial charge in [-0.2, -0.15) is 0 Å². The summed E-state index contributed by atoms with van der Waals surface area (Å²) in [6.07, 6.45) is 0.426. The van der Waals surface area contributed by atoms with E-state index in [1.54, 1.807) is 12.1 Å². The Morgan fingerprint density at radius 2 is 1.64 bits per heavy atom. The van der Waals surface area contributed by atoms with Crippen LogP contribution in [0.5, 0.6) is 5.75 Å². The van der Waals surface area contributed by atoms with Gasteiger partial charge in [0.05, 0.1) is 4.88 Å². The van der Waals surface area contributed by atoms with E-state index in [9.17, 15) is 9.90 Å². The highest BCUT2D eigenvalue weighted by Crippen LogP contribution is 2.29. The molecule has 0 saturated heterocycles. The van der Waals surface area contributed by atoms with Crippen LogP contribution < -0.4 is 0 Å². The Balaban J connectivity index is 1.76. The van der Waals surface area contributed by atoms with Crippen LogP contribution in [0.1, 0.15) is 20.8 Å². The quantitative estimate of drug-likeness (QED) is 0.699. The Labute approximate surface area is 133 Å². The van der Waals surface area contributed by atoms with Crippen molar-refractivity contribution in [3.63, 3.8) is 0 Å². The van der Waals surface area contributed by atoms with E-state index >= 15 is 0 Å². The van der Waals surface area contributed by atoms with Gasteiger partial charge >= 0.3 is 0 Å². The molecule has 0 aliphatic carbocycles. The number of ketones is 1. The van der Waals surface area contributed by atoms with E-state index in [0.717, 1.165) is 20.9 Å². The van der Waals surface area contributed by atoms with Crippen LogP contribution in [0.4, 0.5) is 0 Å². The van der Waals surface area contributed by atoms with Crippen LogP contribution >= 0.6 is 11.3 Å². The van der Waals surface area contributed by atoms with Crippen molar-refractivity contribution < 1.29 is 9.90 Å². The molecular weight excluding hydrogens is 292 g/mol. The molecule has 3 rings (SSSR count). The molecular formula is C19H16O2S. The highest BCUT2D eigenvalue weighted by atomic mass is 32.1. The molecule has 110 valence electrons. The predicted molar refractivity (Wildman–Crippen MR) is 90.6 cm³/mol. The normalized spacial score (nSPS) is 10.6. The highest BCUT2D eigenvalue weighted by Gasteiger charge is 2.11. The summed E-state index contributed by atoms with van der Waals surface area (Å²) in [6.45, 7) is 2.04. The number of aryl methyl sites for hydroxylation is 1. The minimum Gasteiger partial charge on any atom is -0.508 e. The van der Waals surface area contributed by atoms with Crippen molar-refractivity contribution in [2.45, 2.75) is 13.3 Å². The van der Waals surface area contributed by atoms with Crippen LogP contribution in [0.2, 0.25) is 0 Å². The number of Topliss-reactive ketones (excluding diaryl/α,β-unsaturated/α-hetero) is 1. The van der Waals surface area contributed by atoms with Crippen LogP contribution in [0.25, 0.3) is 10.4 Å². The van der Waals surface area contributed by atoms with Crippen LogP contribution in [0.3, 0.4) is 0 Å². The lowest BCUT2D eigenvalue weighted by atomic mass is 10.1. The van der Waals surface area contributed by atoms with Gasteiger partial charge < -0.3 is 5.11 Å². The van der Waals surface area contributed by atoms with Gasteiger partial charge in [0.2, 0.25) is 0 Å². The molecule has 3 aromatic rings. The van der Waals surface area contributed by atoms with Gasteiger partial charge in [-0.05, 0) is 54.4 Å². The summed E-state index contributed by atoms with van der Waals surface area (Å²) in [5.74, 6) is 0.384. The molecule has 0 spiro atoms. The van der Waals surface area contributed by atoms with Gasteiger partial charge in [-0.1, -0.05) is 29.8 Å². The Morgan fingerprint density at radius 1 is 0.955 bits per heavy atom. The Bertz CT molecular complexity index is 783. The number of rotatable bonds is 4. The largest absolute Gasteiger partial charge is 0.508 e. The standard InChI is InChI=1S/C19H16O2S/c1-13-2-4-14(5-3-13)12-17(21)19-11-10-18(22-19)15-6-8-16(20)9-7-15/h2-11,20H,12H2,1H3. The summed E-state index contributed by atoms with van der Waals surface area (Å²) < 4.78 is 0. The summed E-state index contributed by atoms with van der Waals surface area (Å²) in [5, 5.41) is 9.33. The first-order valence-electron chi connectivity index (χ1n) is 7.10. The summed E-state index contributed by atoms with van der Waals surface area (Å²) in [7, 11) is 0. The number of thiophene rings is 1. The van der Waals surface area contributed by atoms with Crippen LogP contribution in [0, 0.1) is 6.92 Å². The molecule has 1 aromatic heterocycles. The van der Waals surface area contributed by atoms with E-state index < -0.39 is 0 Å². The molecule has 0 saturated carbocycles.